The highest BCUT2D eigenvalue weighted by atomic mass is 19.1. The molecule has 1 saturated heterocycles. The van der Waals surface area contributed by atoms with Crippen LogP contribution >= 0.6 is 0 Å². The minimum absolute atomic E-state index is 0.0270. The molecule has 0 amide bonds. The summed E-state index contributed by atoms with van der Waals surface area (Å²) in [6.45, 7) is 5.76. The summed E-state index contributed by atoms with van der Waals surface area (Å²) in [6, 6.07) is 6.09. The maximum atomic E-state index is 12.8. The number of carbonyl (C=O) groups excluding carboxylic acids is 1. The monoisotopic (exact) mass is 323 g/mol. The van der Waals surface area contributed by atoms with Crippen molar-refractivity contribution < 1.29 is 18.7 Å². The van der Waals surface area contributed by atoms with E-state index in [1.165, 1.54) is 12.1 Å². The van der Waals surface area contributed by atoms with Gasteiger partial charge in [-0.1, -0.05) is 0 Å². The summed E-state index contributed by atoms with van der Waals surface area (Å²) in [5.74, 6) is 0.418. The summed E-state index contributed by atoms with van der Waals surface area (Å²) < 4.78 is 23.5. The zero-order chi connectivity index (χ0) is 16.5. The highest BCUT2D eigenvalue weighted by Gasteiger charge is 2.26. The third kappa shape index (κ3) is 6.18. The van der Waals surface area contributed by atoms with Crippen molar-refractivity contribution >= 4 is 5.97 Å². The number of unbranched alkanes of at least 4 members (excludes halogenated alkanes) is 1. The van der Waals surface area contributed by atoms with E-state index in [0.717, 1.165) is 45.3 Å². The van der Waals surface area contributed by atoms with E-state index >= 15 is 0 Å². The third-order valence-electron chi connectivity index (χ3n) is 4.08. The summed E-state index contributed by atoms with van der Waals surface area (Å²) in [5.41, 5.74) is 0. The van der Waals surface area contributed by atoms with Crippen LogP contribution in [0, 0.1) is 11.7 Å². The van der Waals surface area contributed by atoms with Crippen molar-refractivity contribution in [2.24, 2.45) is 5.92 Å². The Labute approximate surface area is 137 Å². The van der Waals surface area contributed by atoms with Crippen LogP contribution in [0.4, 0.5) is 4.39 Å². The first-order chi connectivity index (χ1) is 11.2. The molecule has 0 spiro atoms. The van der Waals surface area contributed by atoms with Crippen LogP contribution in [-0.2, 0) is 9.53 Å². The summed E-state index contributed by atoms with van der Waals surface area (Å²) in [4.78, 5) is 14.1. The lowest BCUT2D eigenvalue weighted by Crippen LogP contribution is -2.39. The Morgan fingerprint density at radius 1 is 1.30 bits per heavy atom. The van der Waals surface area contributed by atoms with Crippen LogP contribution in [0.3, 0.4) is 0 Å². The number of likely N-dealkylation sites (tertiary alicyclic amines) is 1. The number of halogens is 1. The molecule has 2 rings (SSSR count). The van der Waals surface area contributed by atoms with Gasteiger partial charge in [0, 0.05) is 6.54 Å². The van der Waals surface area contributed by atoms with E-state index in [4.69, 9.17) is 9.47 Å². The van der Waals surface area contributed by atoms with E-state index in [2.05, 4.69) is 4.90 Å². The van der Waals surface area contributed by atoms with Crippen molar-refractivity contribution in [3.8, 4) is 5.75 Å². The molecule has 5 heteroatoms. The molecule has 0 saturated carbocycles. The lowest BCUT2D eigenvalue weighted by Gasteiger charge is -2.31. The fraction of sp³-hybridized carbons (Fsp3) is 0.611. The smallest absolute Gasteiger partial charge is 0.310 e. The number of benzene rings is 1. The van der Waals surface area contributed by atoms with Gasteiger partial charge < -0.3 is 14.4 Å². The molecule has 1 aliphatic heterocycles. The van der Waals surface area contributed by atoms with Gasteiger partial charge in [0.05, 0.1) is 19.1 Å². The Balaban J connectivity index is 1.60. The van der Waals surface area contributed by atoms with Gasteiger partial charge in [0.2, 0.25) is 0 Å². The molecule has 1 aromatic carbocycles. The molecule has 0 aromatic heterocycles. The second-order valence-corrected chi connectivity index (χ2v) is 5.90. The Bertz CT molecular complexity index is 478. The lowest BCUT2D eigenvalue weighted by atomic mass is 9.98. The van der Waals surface area contributed by atoms with E-state index in [1.807, 2.05) is 6.92 Å². The van der Waals surface area contributed by atoms with Crippen LogP contribution in [0.2, 0.25) is 0 Å². The molecule has 23 heavy (non-hydrogen) atoms. The minimum atomic E-state index is -0.251. The van der Waals surface area contributed by atoms with Gasteiger partial charge in [-0.3, -0.25) is 4.79 Å². The van der Waals surface area contributed by atoms with E-state index in [9.17, 15) is 9.18 Å². The van der Waals surface area contributed by atoms with Crippen LogP contribution in [0.25, 0.3) is 0 Å². The van der Waals surface area contributed by atoms with Gasteiger partial charge in [-0.15, -0.1) is 0 Å². The molecule has 1 aliphatic rings. The van der Waals surface area contributed by atoms with Gasteiger partial charge >= 0.3 is 5.97 Å². The summed E-state index contributed by atoms with van der Waals surface area (Å²) >= 11 is 0. The molecule has 0 bridgehead atoms. The number of piperidine rings is 1. The molecule has 1 heterocycles. The Morgan fingerprint density at radius 2 is 2.09 bits per heavy atom. The Kier molecular flexibility index (Phi) is 7.33. The number of hydrogen-bond acceptors (Lipinski definition) is 4. The fourth-order valence-corrected chi connectivity index (χ4v) is 2.87. The molecule has 0 radical (unpaired) electrons. The first-order valence-corrected chi connectivity index (χ1v) is 8.46. The van der Waals surface area contributed by atoms with Gasteiger partial charge in [-0.05, 0) is 70.0 Å². The highest BCUT2D eigenvalue weighted by molar-refractivity contribution is 5.72. The average Bonchev–Trinajstić information content (AvgIpc) is 2.57. The standard InChI is InChI=1S/C18H26FNO3/c1-2-22-18(21)15-6-5-12-20(14-15)11-3-4-13-23-17-9-7-16(19)8-10-17/h7-10,15H,2-6,11-14H2,1H3/t15-/m1/s1. The molecule has 128 valence electrons. The number of rotatable bonds is 8. The van der Waals surface area contributed by atoms with Crippen LogP contribution < -0.4 is 4.74 Å². The molecular weight excluding hydrogens is 297 g/mol. The van der Waals surface area contributed by atoms with Crippen molar-refractivity contribution in [1.29, 1.82) is 0 Å². The predicted octanol–water partition coefficient (Wildman–Crippen LogP) is 3.26. The largest absolute Gasteiger partial charge is 0.494 e. The second-order valence-electron chi connectivity index (χ2n) is 5.90. The number of esters is 1. The third-order valence-corrected chi connectivity index (χ3v) is 4.08. The van der Waals surface area contributed by atoms with Crippen molar-refractivity contribution in [2.75, 3.05) is 32.8 Å². The van der Waals surface area contributed by atoms with Crippen molar-refractivity contribution in [3.63, 3.8) is 0 Å². The molecule has 1 fully saturated rings. The summed E-state index contributed by atoms with van der Waals surface area (Å²) in [5, 5.41) is 0. The Morgan fingerprint density at radius 3 is 2.83 bits per heavy atom. The van der Waals surface area contributed by atoms with E-state index in [0.29, 0.717) is 19.0 Å². The summed E-state index contributed by atoms with van der Waals surface area (Å²) in [7, 11) is 0. The maximum absolute atomic E-state index is 12.8. The molecule has 0 aliphatic carbocycles. The quantitative estimate of drug-likeness (QED) is 0.544. The molecular formula is C18H26FNO3. The van der Waals surface area contributed by atoms with Gasteiger partial charge in [-0.2, -0.15) is 0 Å². The number of nitrogens with zero attached hydrogens (tertiary/aromatic N) is 1. The zero-order valence-corrected chi connectivity index (χ0v) is 13.8. The van der Waals surface area contributed by atoms with Gasteiger partial charge in [0.1, 0.15) is 11.6 Å². The number of ether oxygens (including phenoxy) is 2. The molecule has 0 N–H and O–H groups in total. The van der Waals surface area contributed by atoms with Gasteiger partial charge in [-0.25, -0.2) is 4.39 Å². The minimum Gasteiger partial charge on any atom is -0.494 e. The fourth-order valence-electron chi connectivity index (χ4n) is 2.87. The predicted molar refractivity (Wildman–Crippen MR) is 86.9 cm³/mol. The topological polar surface area (TPSA) is 38.8 Å². The average molecular weight is 323 g/mol. The Hall–Kier alpha value is -1.62. The van der Waals surface area contributed by atoms with Crippen LogP contribution in [-0.4, -0.2) is 43.7 Å². The van der Waals surface area contributed by atoms with Gasteiger partial charge in [0.15, 0.2) is 0 Å². The zero-order valence-electron chi connectivity index (χ0n) is 13.8. The van der Waals surface area contributed by atoms with Crippen LogP contribution in [0.1, 0.15) is 32.6 Å². The first-order valence-electron chi connectivity index (χ1n) is 8.46. The number of hydrogen-bond donors (Lipinski definition) is 0. The highest BCUT2D eigenvalue weighted by Crippen LogP contribution is 2.18. The van der Waals surface area contributed by atoms with Crippen molar-refractivity contribution in [2.45, 2.75) is 32.6 Å². The number of carbonyl (C=O) groups is 1. The van der Waals surface area contributed by atoms with E-state index in [1.54, 1.807) is 12.1 Å². The second kappa shape index (κ2) is 9.50. The first kappa shape index (κ1) is 17.7. The summed E-state index contributed by atoms with van der Waals surface area (Å²) in [6.07, 6.45) is 3.95. The molecule has 1 atom stereocenters. The maximum Gasteiger partial charge on any atom is 0.310 e. The normalized spacial score (nSPS) is 18.6. The van der Waals surface area contributed by atoms with Crippen molar-refractivity contribution in [1.82, 2.24) is 4.90 Å². The van der Waals surface area contributed by atoms with Gasteiger partial charge in [0.25, 0.3) is 0 Å². The molecule has 4 nitrogen and oxygen atoms in total. The van der Waals surface area contributed by atoms with E-state index in [-0.39, 0.29) is 17.7 Å². The lowest BCUT2D eigenvalue weighted by molar-refractivity contribution is -0.149. The van der Waals surface area contributed by atoms with Crippen molar-refractivity contribution in [3.05, 3.63) is 30.1 Å². The molecule has 1 aromatic rings. The SMILES string of the molecule is CCOC(=O)[C@@H]1CCCN(CCCCOc2ccc(F)cc2)C1. The molecule has 0 unspecified atom stereocenters. The van der Waals surface area contributed by atoms with Crippen LogP contribution in [0.15, 0.2) is 24.3 Å². The van der Waals surface area contributed by atoms with Crippen LogP contribution in [0.5, 0.6) is 5.75 Å². The van der Waals surface area contributed by atoms with E-state index < -0.39 is 0 Å².